The van der Waals surface area contributed by atoms with Crippen LogP contribution in [0.15, 0.2) is 0 Å². The minimum atomic E-state index is -1.83. The molecule has 6 rings (SSSR count). The molecule has 0 bridgehead atoms. The lowest BCUT2D eigenvalue weighted by molar-refractivity contribution is -0.365. The van der Waals surface area contributed by atoms with Gasteiger partial charge >= 0.3 is 0 Å². The van der Waals surface area contributed by atoms with Gasteiger partial charge in [-0.3, -0.25) is 0 Å². The average molecular weight is 973 g/mol. The molecule has 4 heterocycles. The molecule has 0 spiro atoms. The fourth-order valence-corrected chi connectivity index (χ4v) is 10.8. The van der Waals surface area contributed by atoms with Gasteiger partial charge in [0.05, 0.1) is 39.6 Å². The van der Waals surface area contributed by atoms with Gasteiger partial charge in [-0.05, 0) is 24.7 Å². The highest BCUT2D eigenvalue weighted by Crippen LogP contribution is 2.40. The maximum absolute atomic E-state index is 11.5. The van der Waals surface area contributed by atoms with Gasteiger partial charge in [0.25, 0.3) is 0 Å². The molecule has 0 aromatic rings. The second-order valence-corrected chi connectivity index (χ2v) is 19.9. The van der Waals surface area contributed by atoms with Crippen molar-refractivity contribution in [3.8, 4) is 0 Å². The van der Waals surface area contributed by atoms with E-state index >= 15 is 0 Å². The normalized spacial score (nSPS) is 43.1. The van der Waals surface area contributed by atoms with E-state index in [0.717, 1.165) is 77.0 Å². The van der Waals surface area contributed by atoms with Crippen molar-refractivity contribution in [2.75, 3.05) is 39.6 Å². The summed E-state index contributed by atoms with van der Waals surface area (Å²) in [5.74, 6) is 1.06. The summed E-state index contributed by atoms with van der Waals surface area (Å²) in [6, 6.07) is 0. The van der Waals surface area contributed by atoms with Crippen LogP contribution in [-0.4, -0.2) is 234 Å². The van der Waals surface area contributed by atoms with Gasteiger partial charge in [0.15, 0.2) is 25.2 Å². The van der Waals surface area contributed by atoms with Crippen molar-refractivity contribution in [1.82, 2.24) is 0 Å². The van der Waals surface area contributed by atoms with Crippen LogP contribution in [0.4, 0.5) is 0 Å². The van der Waals surface area contributed by atoms with Crippen molar-refractivity contribution in [1.29, 1.82) is 0 Å². The highest BCUT2D eigenvalue weighted by molar-refractivity contribution is 4.97. The molecule has 0 aromatic carbocycles. The van der Waals surface area contributed by atoms with Gasteiger partial charge in [-0.2, -0.15) is 0 Å². The first-order valence-electron chi connectivity index (χ1n) is 24.6. The van der Waals surface area contributed by atoms with Gasteiger partial charge in [0.2, 0.25) is 0 Å². The Labute approximate surface area is 391 Å². The number of ether oxygens (including phenoxy) is 8. The third-order valence-corrected chi connectivity index (χ3v) is 15.1. The molecule has 2 saturated carbocycles. The van der Waals surface area contributed by atoms with Crippen molar-refractivity contribution in [2.45, 2.75) is 226 Å². The van der Waals surface area contributed by atoms with Crippen LogP contribution >= 0.6 is 0 Å². The molecule has 4 saturated heterocycles. The molecular formula is C45H80O22. The number of aliphatic hydroxyl groups excluding tert-OH is 14. The molecule has 4 aliphatic heterocycles. The monoisotopic (exact) mass is 973 g/mol. The van der Waals surface area contributed by atoms with Gasteiger partial charge in [0.1, 0.15) is 97.7 Å². The lowest BCUT2D eigenvalue weighted by atomic mass is 9.76. The molecule has 6 fully saturated rings. The third-order valence-electron chi connectivity index (χ3n) is 15.1. The second-order valence-electron chi connectivity index (χ2n) is 19.9. The first kappa shape index (κ1) is 55.4. The van der Waals surface area contributed by atoms with Gasteiger partial charge < -0.3 is 109 Å². The summed E-state index contributed by atoms with van der Waals surface area (Å²) in [7, 11) is 0. The Morgan fingerprint density at radius 3 is 1.04 bits per heavy atom. The Morgan fingerprint density at radius 2 is 0.701 bits per heavy atom. The van der Waals surface area contributed by atoms with Crippen LogP contribution in [0.5, 0.6) is 0 Å². The van der Waals surface area contributed by atoms with Crippen molar-refractivity contribution < 1.29 is 109 Å². The highest BCUT2D eigenvalue weighted by atomic mass is 16.8. The quantitative estimate of drug-likeness (QED) is 0.0507. The zero-order valence-electron chi connectivity index (χ0n) is 38.3. The highest BCUT2D eigenvalue weighted by Gasteiger charge is 2.53. The second kappa shape index (κ2) is 26.2. The van der Waals surface area contributed by atoms with E-state index in [2.05, 4.69) is 0 Å². The summed E-state index contributed by atoms with van der Waals surface area (Å²) in [4.78, 5) is 0. The molecule has 67 heavy (non-hydrogen) atoms. The van der Waals surface area contributed by atoms with Crippen LogP contribution in [0.25, 0.3) is 0 Å². The summed E-state index contributed by atoms with van der Waals surface area (Å²) < 4.78 is 47.2. The standard InChI is InChI=1S/C45H80O22/c46-17-25-29(50)31(52)35(56)43(62-25)66-39-27(19-48)64-41(37(58)33(39)54)60-21-45(15-7-13-23-9-3-1-4-10-23,16-8-14-24-11-5-2-6-12-24)22-61-42-38(59)34(55)40(28(20-49)65-42)67-44-36(57)32(53)30(51)26(18-47)63-44/h23-44,46-59H,1-22H2/t25-,26-,27-,28-,29-,30-,31+,32+,33-,34-,35-,36-,37-,38-,39-,40-,41-,42-,43-,44-/m1/s1. The maximum atomic E-state index is 11.5. The van der Waals surface area contributed by atoms with E-state index in [9.17, 15) is 71.5 Å². The fourth-order valence-electron chi connectivity index (χ4n) is 10.8. The summed E-state index contributed by atoms with van der Waals surface area (Å²) in [6.45, 7) is -3.23. The first-order chi connectivity index (χ1) is 32.1. The topological polar surface area (TPSA) is 357 Å². The minimum absolute atomic E-state index is 0.120. The predicted molar refractivity (Wildman–Crippen MR) is 228 cm³/mol. The van der Waals surface area contributed by atoms with Gasteiger partial charge in [-0.1, -0.05) is 89.9 Å². The van der Waals surface area contributed by atoms with Crippen molar-refractivity contribution in [2.24, 2.45) is 17.3 Å². The molecule has 0 amide bonds. The molecule has 0 aromatic heterocycles. The molecule has 22 nitrogen and oxygen atoms in total. The number of aliphatic hydroxyl groups is 14. The molecule has 6 aliphatic rings. The van der Waals surface area contributed by atoms with E-state index < -0.39 is 155 Å². The van der Waals surface area contributed by atoms with E-state index in [4.69, 9.17) is 37.9 Å². The third kappa shape index (κ3) is 13.8. The van der Waals surface area contributed by atoms with Crippen LogP contribution < -0.4 is 0 Å². The Bertz CT molecular complexity index is 1300. The van der Waals surface area contributed by atoms with Gasteiger partial charge in [-0.25, -0.2) is 0 Å². The number of hydrogen-bond donors (Lipinski definition) is 14. The van der Waals surface area contributed by atoms with Crippen molar-refractivity contribution in [3.63, 3.8) is 0 Å². The largest absolute Gasteiger partial charge is 0.394 e. The average Bonchev–Trinajstić information content (AvgIpc) is 3.34. The van der Waals surface area contributed by atoms with E-state index in [-0.39, 0.29) is 13.2 Å². The Kier molecular flexibility index (Phi) is 21.7. The zero-order valence-corrected chi connectivity index (χ0v) is 38.3. The summed E-state index contributed by atoms with van der Waals surface area (Å²) in [6.07, 6.45) is -16.7. The van der Waals surface area contributed by atoms with E-state index in [1.54, 1.807) is 0 Å². The lowest BCUT2D eigenvalue weighted by Crippen LogP contribution is -2.65. The Morgan fingerprint density at radius 1 is 0.373 bits per heavy atom. The summed E-state index contributed by atoms with van der Waals surface area (Å²) in [5.41, 5.74) is -0.859. The van der Waals surface area contributed by atoms with Gasteiger partial charge in [0, 0.05) is 5.41 Å². The molecule has 0 radical (unpaired) electrons. The molecule has 22 heteroatoms. The molecule has 2 aliphatic carbocycles. The Balaban J connectivity index is 1.19. The van der Waals surface area contributed by atoms with E-state index in [1.807, 2.05) is 0 Å². The van der Waals surface area contributed by atoms with Crippen LogP contribution in [0, 0.1) is 17.3 Å². The Hall–Kier alpha value is -0.880. The maximum Gasteiger partial charge on any atom is 0.187 e. The van der Waals surface area contributed by atoms with Crippen LogP contribution in [0.2, 0.25) is 0 Å². The van der Waals surface area contributed by atoms with E-state index in [1.165, 1.54) is 12.8 Å². The van der Waals surface area contributed by atoms with E-state index in [0.29, 0.717) is 24.7 Å². The molecule has 0 unspecified atom stereocenters. The van der Waals surface area contributed by atoms with Crippen LogP contribution in [0.1, 0.15) is 103 Å². The summed E-state index contributed by atoms with van der Waals surface area (Å²) in [5, 5.41) is 148. The number of rotatable bonds is 22. The number of hydrogen-bond acceptors (Lipinski definition) is 22. The molecule has 20 atom stereocenters. The first-order valence-corrected chi connectivity index (χ1v) is 24.6. The van der Waals surface area contributed by atoms with Crippen molar-refractivity contribution in [3.05, 3.63) is 0 Å². The lowest BCUT2D eigenvalue weighted by Gasteiger charge is -2.47. The zero-order chi connectivity index (χ0) is 48.4. The van der Waals surface area contributed by atoms with Crippen molar-refractivity contribution >= 4 is 0 Å². The minimum Gasteiger partial charge on any atom is -0.394 e. The molecular weight excluding hydrogens is 892 g/mol. The van der Waals surface area contributed by atoms with Gasteiger partial charge in [-0.15, -0.1) is 0 Å². The summed E-state index contributed by atoms with van der Waals surface area (Å²) >= 11 is 0. The van der Waals surface area contributed by atoms with Crippen LogP contribution in [0.3, 0.4) is 0 Å². The predicted octanol–water partition coefficient (Wildman–Crippen LogP) is -3.24. The van der Waals surface area contributed by atoms with Crippen LogP contribution in [-0.2, 0) is 37.9 Å². The molecule has 14 N–H and O–H groups in total. The molecule has 392 valence electrons. The fraction of sp³-hybridized carbons (Fsp3) is 1.00. The SMILES string of the molecule is OC[C@H]1O[C@H](O[C@H]2[C@H](O)[C@@H](O)[C@H](OCC(CCCC3CCCCC3)(CCCC3CCCCC3)CO[C@@H]3O[C@H](CO)[C@@H](O[C@H]4O[C@H](CO)[C@@H](O)[C@H](O)[C@H]4O)[C@H](O)[C@H]3O)O[C@@H]2CO)[C@H](O)[C@@H](O)[C@@H]1O. The smallest absolute Gasteiger partial charge is 0.187 e.